The third-order valence-electron chi connectivity index (χ3n) is 4.24. The summed E-state index contributed by atoms with van der Waals surface area (Å²) in [6.07, 6.45) is 0. The van der Waals surface area contributed by atoms with Crippen LogP contribution in [-0.2, 0) is 14.3 Å². The Labute approximate surface area is 181 Å². The average Bonchev–Trinajstić information content (AvgIpc) is 2.70. The fourth-order valence-electron chi connectivity index (χ4n) is 2.98. The van der Waals surface area contributed by atoms with E-state index in [-0.39, 0.29) is 32.1 Å². The van der Waals surface area contributed by atoms with Crippen LogP contribution in [0.1, 0.15) is 20.8 Å². The molecule has 0 bridgehead atoms. The number of esters is 1. The first-order chi connectivity index (χ1) is 14.9. The number of benzene rings is 1. The normalized spacial score (nSPS) is 13.4. The van der Waals surface area contributed by atoms with Gasteiger partial charge in [0.1, 0.15) is 0 Å². The Hall–Kier alpha value is -3.27. The first kappa shape index (κ1) is 24.0. The second-order valence-corrected chi connectivity index (χ2v) is 6.73. The molecule has 0 spiro atoms. The summed E-state index contributed by atoms with van der Waals surface area (Å²) in [7, 11) is 1.72. The van der Waals surface area contributed by atoms with Gasteiger partial charge in [-0.3, -0.25) is 9.69 Å². The second-order valence-electron chi connectivity index (χ2n) is 6.73. The molecule has 0 aromatic heterocycles. The Kier molecular flexibility index (Phi) is 9.13. The van der Waals surface area contributed by atoms with Gasteiger partial charge in [0.15, 0.2) is 11.5 Å². The molecule has 1 aliphatic rings. The van der Waals surface area contributed by atoms with Gasteiger partial charge in [-0.2, -0.15) is 0 Å². The Morgan fingerprint density at radius 2 is 1.81 bits per heavy atom. The number of urea groups is 1. The van der Waals surface area contributed by atoms with Crippen molar-refractivity contribution < 1.29 is 28.6 Å². The van der Waals surface area contributed by atoms with Crippen LogP contribution in [0.25, 0.3) is 0 Å². The largest absolute Gasteiger partial charge is 0.490 e. The van der Waals surface area contributed by atoms with E-state index in [1.54, 1.807) is 37.1 Å². The van der Waals surface area contributed by atoms with Gasteiger partial charge in [-0.05, 0) is 40.0 Å². The smallest absolute Gasteiger partial charge is 0.337 e. The third-order valence-corrected chi connectivity index (χ3v) is 4.24. The fraction of sp³-hybridized carbons (Fsp3) is 0.476. The predicted molar refractivity (Wildman–Crippen MR) is 115 cm³/mol. The van der Waals surface area contributed by atoms with Crippen molar-refractivity contribution in [1.82, 2.24) is 15.5 Å². The maximum absolute atomic E-state index is 12.5. The lowest BCUT2D eigenvalue weighted by Gasteiger charge is -2.25. The number of rotatable bonds is 11. The number of carbonyl (C=O) groups is 3. The van der Waals surface area contributed by atoms with Crippen molar-refractivity contribution in [3.8, 4) is 11.5 Å². The summed E-state index contributed by atoms with van der Waals surface area (Å²) < 4.78 is 16.1. The Morgan fingerprint density at radius 1 is 1.10 bits per heavy atom. The summed E-state index contributed by atoms with van der Waals surface area (Å²) >= 11 is 0. The lowest BCUT2D eigenvalue weighted by Crippen LogP contribution is -2.47. The number of anilines is 1. The van der Waals surface area contributed by atoms with E-state index in [9.17, 15) is 14.4 Å². The van der Waals surface area contributed by atoms with Crippen LogP contribution < -0.4 is 25.4 Å². The molecule has 3 amide bonds. The number of carbonyl (C=O) groups excluding carboxylic acids is 3. The topological polar surface area (TPSA) is 118 Å². The summed E-state index contributed by atoms with van der Waals surface area (Å²) in [5, 5.41) is 7.99. The van der Waals surface area contributed by atoms with Crippen molar-refractivity contribution in [3.63, 3.8) is 0 Å². The van der Waals surface area contributed by atoms with E-state index >= 15 is 0 Å². The minimum atomic E-state index is -0.499. The summed E-state index contributed by atoms with van der Waals surface area (Å²) in [4.78, 5) is 38.0. The molecule has 1 aliphatic heterocycles. The fourth-order valence-corrected chi connectivity index (χ4v) is 2.98. The van der Waals surface area contributed by atoms with E-state index in [4.69, 9.17) is 14.2 Å². The van der Waals surface area contributed by atoms with Gasteiger partial charge in [0.05, 0.1) is 38.5 Å². The first-order valence-corrected chi connectivity index (χ1v) is 10.2. The molecule has 0 saturated heterocycles. The van der Waals surface area contributed by atoms with Gasteiger partial charge in [-0.25, -0.2) is 9.59 Å². The Balaban J connectivity index is 2.02. The molecule has 0 radical (unpaired) electrons. The number of amides is 3. The number of likely N-dealkylation sites (N-methyl/N-ethyl adjacent to an activating group) is 1. The SMILES string of the molecule is CCOC(=O)C1=C(CN(C)CC(=O)Nc2ccc(OCC)c(OCC)c2)NC(=O)NC1. The zero-order valence-corrected chi connectivity index (χ0v) is 18.4. The quantitative estimate of drug-likeness (QED) is 0.452. The maximum Gasteiger partial charge on any atom is 0.337 e. The minimum Gasteiger partial charge on any atom is -0.490 e. The highest BCUT2D eigenvalue weighted by Crippen LogP contribution is 2.30. The molecule has 0 unspecified atom stereocenters. The molecule has 0 fully saturated rings. The molecule has 170 valence electrons. The van der Waals surface area contributed by atoms with Crippen molar-refractivity contribution in [1.29, 1.82) is 0 Å². The molecule has 0 saturated carbocycles. The van der Waals surface area contributed by atoms with Gasteiger partial charge in [0, 0.05) is 24.0 Å². The third kappa shape index (κ3) is 7.18. The molecule has 1 heterocycles. The van der Waals surface area contributed by atoms with Crippen LogP contribution in [0.4, 0.5) is 10.5 Å². The van der Waals surface area contributed by atoms with Crippen LogP contribution in [0.3, 0.4) is 0 Å². The number of hydrogen-bond donors (Lipinski definition) is 3. The van der Waals surface area contributed by atoms with E-state index in [2.05, 4.69) is 16.0 Å². The highest BCUT2D eigenvalue weighted by atomic mass is 16.5. The van der Waals surface area contributed by atoms with Crippen LogP contribution in [-0.4, -0.2) is 69.3 Å². The van der Waals surface area contributed by atoms with Crippen LogP contribution in [0.2, 0.25) is 0 Å². The Morgan fingerprint density at radius 3 is 2.48 bits per heavy atom. The first-order valence-electron chi connectivity index (χ1n) is 10.2. The van der Waals surface area contributed by atoms with Crippen molar-refractivity contribution in [2.45, 2.75) is 20.8 Å². The van der Waals surface area contributed by atoms with Crippen LogP contribution >= 0.6 is 0 Å². The summed E-state index contributed by atoms with van der Waals surface area (Å²) in [6, 6.07) is 4.79. The molecule has 31 heavy (non-hydrogen) atoms. The lowest BCUT2D eigenvalue weighted by molar-refractivity contribution is -0.138. The summed E-state index contributed by atoms with van der Waals surface area (Å²) in [5.74, 6) is 0.407. The van der Waals surface area contributed by atoms with Gasteiger partial charge in [-0.15, -0.1) is 0 Å². The van der Waals surface area contributed by atoms with Gasteiger partial charge >= 0.3 is 12.0 Å². The van der Waals surface area contributed by atoms with Gasteiger partial charge < -0.3 is 30.2 Å². The molecule has 0 aliphatic carbocycles. The van der Waals surface area contributed by atoms with Crippen molar-refractivity contribution in [2.24, 2.45) is 0 Å². The van der Waals surface area contributed by atoms with Crippen molar-refractivity contribution in [3.05, 3.63) is 29.5 Å². The van der Waals surface area contributed by atoms with E-state index in [0.717, 1.165) is 0 Å². The summed E-state index contributed by atoms with van der Waals surface area (Å²) in [6.45, 7) is 6.98. The molecular formula is C21H30N4O6. The standard InChI is InChI=1S/C21H30N4O6/c1-5-29-17-9-8-14(10-18(17)30-6-2)23-19(26)13-25(4)12-16-15(20(27)31-7-3)11-22-21(28)24-16/h8-10H,5-7,11-13H2,1-4H3,(H,23,26)(H2,22,24,28). The molecule has 2 rings (SSSR count). The molecule has 1 aromatic rings. The number of nitrogens with zero attached hydrogens (tertiary/aromatic N) is 1. The summed E-state index contributed by atoms with van der Waals surface area (Å²) in [5.41, 5.74) is 1.32. The van der Waals surface area contributed by atoms with Crippen LogP contribution in [0.15, 0.2) is 29.5 Å². The lowest BCUT2D eigenvalue weighted by atomic mass is 10.1. The molecular weight excluding hydrogens is 404 g/mol. The molecule has 3 N–H and O–H groups in total. The van der Waals surface area contributed by atoms with Crippen molar-refractivity contribution >= 4 is 23.6 Å². The second kappa shape index (κ2) is 11.8. The highest BCUT2D eigenvalue weighted by Gasteiger charge is 2.24. The Bertz CT molecular complexity index is 839. The van der Waals surface area contributed by atoms with Crippen LogP contribution in [0.5, 0.6) is 11.5 Å². The van der Waals surface area contributed by atoms with Gasteiger partial charge in [0.2, 0.25) is 5.91 Å². The zero-order chi connectivity index (χ0) is 22.8. The highest BCUT2D eigenvalue weighted by molar-refractivity contribution is 5.94. The van der Waals surface area contributed by atoms with E-state index in [1.807, 2.05) is 13.8 Å². The van der Waals surface area contributed by atoms with E-state index in [1.165, 1.54) is 0 Å². The zero-order valence-electron chi connectivity index (χ0n) is 18.4. The molecule has 10 heteroatoms. The average molecular weight is 434 g/mol. The number of hydrogen-bond acceptors (Lipinski definition) is 7. The monoisotopic (exact) mass is 434 g/mol. The van der Waals surface area contributed by atoms with E-state index in [0.29, 0.717) is 41.7 Å². The molecule has 0 atom stereocenters. The van der Waals surface area contributed by atoms with Crippen molar-refractivity contribution in [2.75, 3.05) is 51.8 Å². The van der Waals surface area contributed by atoms with Gasteiger partial charge in [-0.1, -0.05) is 0 Å². The molecule has 10 nitrogen and oxygen atoms in total. The molecule has 1 aromatic carbocycles. The van der Waals surface area contributed by atoms with E-state index < -0.39 is 12.0 Å². The number of nitrogens with one attached hydrogen (secondary N) is 3. The predicted octanol–water partition coefficient (Wildman–Crippen LogP) is 1.48. The number of ether oxygens (including phenoxy) is 3. The maximum atomic E-state index is 12.5. The van der Waals surface area contributed by atoms with Gasteiger partial charge in [0.25, 0.3) is 0 Å². The van der Waals surface area contributed by atoms with Crippen LogP contribution in [0, 0.1) is 0 Å². The minimum absolute atomic E-state index is 0.0418.